The van der Waals surface area contributed by atoms with Crippen molar-refractivity contribution in [3.05, 3.63) is 35.6 Å². The largest absolute Gasteiger partial charge is 0.354 e. The molecule has 1 aromatic carbocycles. The summed E-state index contributed by atoms with van der Waals surface area (Å²) in [4.78, 5) is 25.9. The number of hydrogen-bond acceptors (Lipinski definition) is 2. The minimum absolute atomic E-state index is 0.0279. The van der Waals surface area contributed by atoms with Crippen molar-refractivity contribution in [2.24, 2.45) is 5.92 Å². The van der Waals surface area contributed by atoms with Gasteiger partial charge in [0.25, 0.3) is 0 Å². The number of nitrogens with zero attached hydrogens (tertiary/aromatic N) is 1. The zero-order valence-electron chi connectivity index (χ0n) is 13.1. The Morgan fingerprint density at radius 2 is 1.91 bits per heavy atom. The number of hydrogen-bond donors (Lipinski definition) is 1. The van der Waals surface area contributed by atoms with Gasteiger partial charge in [-0.1, -0.05) is 18.2 Å². The van der Waals surface area contributed by atoms with E-state index in [1.54, 1.807) is 23.1 Å². The highest BCUT2D eigenvalue weighted by atomic mass is 19.1. The van der Waals surface area contributed by atoms with E-state index in [1.807, 2.05) is 13.8 Å². The first-order chi connectivity index (χ1) is 10.5. The quantitative estimate of drug-likeness (QED) is 0.926. The van der Waals surface area contributed by atoms with Crippen LogP contribution in [0.4, 0.5) is 4.39 Å². The molecule has 1 aromatic rings. The Morgan fingerprint density at radius 3 is 2.50 bits per heavy atom. The first-order valence-electron chi connectivity index (χ1n) is 7.79. The molecule has 22 heavy (non-hydrogen) atoms. The Morgan fingerprint density at radius 1 is 1.27 bits per heavy atom. The molecule has 1 N–H and O–H groups in total. The van der Waals surface area contributed by atoms with Gasteiger partial charge in [0.1, 0.15) is 5.82 Å². The standard InChI is InChI=1S/C17H23FN2O2/c1-12(2)19-17(22)13-7-9-20(10-8-13)16(21)11-14-5-3-4-6-15(14)18/h3-6,12-13H,7-11H2,1-2H3,(H,19,22). The van der Waals surface area contributed by atoms with Gasteiger partial charge in [-0.05, 0) is 38.3 Å². The van der Waals surface area contributed by atoms with E-state index in [2.05, 4.69) is 5.32 Å². The third-order valence-electron chi connectivity index (χ3n) is 3.95. The van der Waals surface area contributed by atoms with Gasteiger partial charge in [-0.25, -0.2) is 4.39 Å². The summed E-state index contributed by atoms with van der Waals surface area (Å²) in [5, 5.41) is 2.91. The summed E-state index contributed by atoms with van der Waals surface area (Å²) in [7, 11) is 0. The van der Waals surface area contributed by atoms with Gasteiger partial charge in [0.2, 0.25) is 11.8 Å². The Kier molecular flexibility index (Phi) is 5.52. The second kappa shape index (κ2) is 7.38. The van der Waals surface area contributed by atoms with Gasteiger partial charge < -0.3 is 10.2 Å². The summed E-state index contributed by atoms with van der Waals surface area (Å²) in [6.45, 7) is 4.99. The van der Waals surface area contributed by atoms with Gasteiger partial charge in [-0.2, -0.15) is 0 Å². The summed E-state index contributed by atoms with van der Waals surface area (Å²) in [5.74, 6) is -0.383. The molecule has 0 unspecified atom stereocenters. The van der Waals surface area contributed by atoms with E-state index in [0.29, 0.717) is 31.5 Å². The lowest BCUT2D eigenvalue weighted by molar-refractivity contribution is -0.135. The van der Waals surface area contributed by atoms with Crippen molar-refractivity contribution in [2.75, 3.05) is 13.1 Å². The number of amides is 2. The first-order valence-corrected chi connectivity index (χ1v) is 7.79. The van der Waals surface area contributed by atoms with Gasteiger partial charge in [-0.15, -0.1) is 0 Å². The summed E-state index contributed by atoms with van der Waals surface area (Å²) in [5.41, 5.74) is 0.423. The molecule has 0 bridgehead atoms. The van der Waals surface area contributed by atoms with Crippen LogP contribution < -0.4 is 5.32 Å². The van der Waals surface area contributed by atoms with Gasteiger partial charge in [-0.3, -0.25) is 9.59 Å². The monoisotopic (exact) mass is 306 g/mol. The lowest BCUT2D eigenvalue weighted by Crippen LogP contribution is -2.44. The minimum atomic E-state index is -0.345. The number of carbonyl (C=O) groups is 2. The van der Waals surface area contributed by atoms with Gasteiger partial charge in [0, 0.05) is 25.0 Å². The molecule has 5 heteroatoms. The molecule has 1 aliphatic rings. The van der Waals surface area contributed by atoms with Crippen LogP contribution in [0.15, 0.2) is 24.3 Å². The van der Waals surface area contributed by atoms with Crippen LogP contribution in [0.5, 0.6) is 0 Å². The number of benzene rings is 1. The van der Waals surface area contributed by atoms with E-state index in [1.165, 1.54) is 6.07 Å². The van der Waals surface area contributed by atoms with Crippen LogP contribution in [0.2, 0.25) is 0 Å². The van der Waals surface area contributed by atoms with E-state index in [0.717, 1.165) is 0 Å². The van der Waals surface area contributed by atoms with E-state index >= 15 is 0 Å². The van der Waals surface area contributed by atoms with Crippen LogP contribution in [0.25, 0.3) is 0 Å². The highest BCUT2D eigenvalue weighted by Crippen LogP contribution is 2.19. The smallest absolute Gasteiger partial charge is 0.227 e. The Balaban J connectivity index is 1.85. The van der Waals surface area contributed by atoms with Crippen molar-refractivity contribution < 1.29 is 14.0 Å². The number of halogens is 1. The van der Waals surface area contributed by atoms with E-state index in [-0.39, 0.29) is 36.0 Å². The highest BCUT2D eigenvalue weighted by Gasteiger charge is 2.27. The van der Waals surface area contributed by atoms with Crippen LogP contribution in [0, 0.1) is 11.7 Å². The van der Waals surface area contributed by atoms with Gasteiger partial charge >= 0.3 is 0 Å². The fraction of sp³-hybridized carbons (Fsp3) is 0.529. The van der Waals surface area contributed by atoms with E-state index in [9.17, 15) is 14.0 Å². The second-order valence-electron chi connectivity index (χ2n) is 6.09. The minimum Gasteiger partial charge on any atom is -0.354 e. The molecule has 4 nitrogen and oxygen atoms in total. The van der Waals surface area contributed by atoms with Crippen LogP contribution in [0.1, 0.15) is 32.3 Å². The van der Waals surface area contributed by atoms with Crippen molar-refractivity contribution in [1.82, 2.24) is 10.2 Å². The molecule has 0 aliphatic carbocycles. The molecule has 1 heterocycles. The maximum Gasteiger partial charge on any atom is 0.227 e. The Hall–Kier alpha value is -1.91. The van der Waals surface area contributed by atoms with Crippen LogP contribution in [-0.4, -0.2) is 35.8 Å². The first kappa shape index (κ1) is 16.5. The van der Waals surface area contributed by atoms with E-state index < -0.39 is 0 Å². The summed E-state index contributed by atoms with van der Waals surface area (Å²) < 4.78 is 13.6. The Labute approximate surface area is 130 Å². The topological polar surface area (TPSA) is 49.4 Å². The highest BCUT2D eigenvalue weighted by molar-refractivity contribution is 5.81. The number of carbonyl (C=O) groups excluding carboxylic acids is 2. The fourth-order valence-corrected chi connectivity index (χ4v) is 2.71. The molecule has 0 saturated carbocycles. The third kappa shape index (κ3) is 4.29. The number of likely N-dealkylation sites (tertiary alicyclic amines) is 1. The number of rotatable bonds is 4. The normalized spacial score (nSPS) is 15.9. The number of piperidine rings is 1. The van der Waals surface area contributed by atoms with E-state index in [4.69, 9.17) is 0 Å². The average Bonchev–Trinajstić information content (AvgIpc) is 2.49. The molecule has 0 atom stereocenters. The molecule has 120 valence electrons. The molecule has 1 fully saturated rings. The average molecular weight is 306 g/mol. The SMILES string of the molecule is CC(C)NC(=O)C1CCN(C(=O)Cc2ccccc2F)CC1. The number of nitrogens with one attached hydrogen (secondary N) is 1. The Bertz CT molecular complexity index is 537. The fourth-order valence-electron chi connectivity index (χ4n) is 2.71. The van der Waals surface area contributed by atoms with Gasteiger partial charge in [0.15, 0.2) is 0 Å². The molecule has 0 radical (unpaired) electrons. The van der Waals surface area contributed by atoms with Crippen molar-refractivity contribution in [3.8, 4) is 0 Å². The molecule has 1 saturated heterocycles. The zero-order valence-corrected chi connectivity index (χ0v) is 13.1. The molecule has 2 rings (SSSR count). The third-order valence-corrected chi connectivity index (χ3v) is 3.95. The predicted molar refractivity (Wildman–Crippen MR) is 82.7 cm³/mol. The maximum atomic E-state index is 13.6. The molecular weight excluding hydrogens is 283 g/mol. The van der Waals surface area contributed by atoms with Crippen molar-refractivity contribution >= 4 is 11.8 Å². The van der Waals surface area contributed by atoms with Crippen LogP contribution in [0.3, 0.4) is 0 Å². The van der Waals surface area contributed by atoms with Crippen molar-refractivity contribution in [3.63, 3.8) is 0 Å². The summed E-state index contributed by atoms with van der Waals surface area (Å²) >= 11 is 0. The van der Waals surface area contributed by atoms with Crippen LogP contribution in [-0.2, 0) is 16.0 Å². The summed E-state index contributed by atoms with van der Waals surface area (Å²) in [6.07, 6.45) is 1.42. The van der Waals surface area contributed by atoms with Crippen molar-refractivity contribution in [2.45, 2.75) is 39.2 Å². The van der Waals surface area contributed by atoms with Crippen molar-refractivity contribution in [1.29, 1.82) is 0 Å². The van der Waals surface area contributed by atoms with Crippen LogP contribution >= 0.6 is 0 Å². The molecule has 0 aromatic heterocycles. The molecule has 1 aliphatic heterocycles. The molecule has 2 amide bonds. The lowest BCUT2D eigenvalue weighted by Gasteiger charge is -2.31. The molecule has 0 spiro atoms. The predicted octanol–water partition coefficient (Wildman–Crippen LogP) is 2.13. The molecular formula is C17H23FN2O2. The lowest BCUT2D eigenvalue weighted by atomic mass is 9.95. The second-order valence-corrected chi connectivity index (χ2v) is 6.09. The van der Waals surface area contributed by atoms with Gasteiger partial charge in [0.05, 0.1) is 6.42 Å². The summed E-state index contributed by atoms with van der Waals surface area (Å²) in [6, 6.07) is 6.48. The maximum absolute atomic E-state index is 13.6. The zero-order chi connectivity index (χ0) is 16.1.